The van der Waals surface area contributed by atoms with Crippen LogP contribution >= 0.6 is 0 Å². The van der Waals surface area contributed by atoms with Crippen molar-refractivity contribution in [2.45, 2.75) is 32.1 Å². The Labute approximate surface area is 88.6 Å². The van der Waals surface area contributed by atoms with Crippen molar-refractivity contribution in [3.63, 3.8) is 0 Å². The molecule has 1 unspecified atom stereocenters. The van der Waals surface area contributed by atoms with Gasteiger partial charge in [-0.1, -0.05) is 12.8 Å². The third-order valence-corrected chi connectivity index (χ3v) is 3.91. The Morgan fingerprint density at radius 3 is 2.20 bits per heavy atom. The van der Waals surface area contributed by atoms with E-state index >= 15 is 0 Å². The third-order valence-electron chi connectivity index (χ3n) is 3.91. The number of hydrogen-bond acceptors (Lipinski definition) is 3. The van der Waals surface area contributed by atoms with E-state index in [1.54, 1.807) is 0 Å². The smallest absolute Gasteiger partial charge is 0.323 e. The van der Waals surface area contributed by atoms with E-state index in [1.165, 1.54) is 7.11 Å². The molecule has 0 aromatic heterocycles. The van der Waals surface area contributed by atoms with Crippen LogP contribution in [0.5, 0.6) is 0 Å². The highest BCUT2D eigenvalue weighted by Crippen LogP contribution is 2.51. The zero-order valence-corrected chi connectivity index (χ0v) is 8.86. The molecule has 2 saturated carbocycles. The molecule has 2 aliphatic carbocycles. The van der Waals surface area contributed by atoms with E-state index in [4.69, 9.17) is 0 Å². The van der Waals surface area contributed by atoms with Crippen molar-refractivity contribution < 1.29 is 19.4 Å². The highest BCUT2D eigenvalue weighted by Gasteiger charge is 2.54. The van der Waals surface area contributed by atoms with Crippen molar-refractivity contribution >= 4 is 11.9 Å². The second-order valence-electron chi connectivity index (χ2n) is 4.83. The number of ether oxygens (including phenoxy) is 1. The van der Waals surface area contributed by atoms with Gasteiger partial charge in [0.15, 0.2) is 5.41 Å². The molecule has 0 amide bonds. The summed E-state index contributed by atoms with van der Waals surface area (Å²) in [4.78, 5) is 22.9. The Morgan fingerprint density at radius 2 is 1.80 bits per heavy atom. The van der Waals surface area contributed by atoms with Gasteiger partial charge in [0.1, 0.15) is 0 Å². The third kappa shape index (κ3) is 1.52. The molecular weight excluding hydrogens is 196 g/mol. The summed E-state index contributed by atoms with van der Waals surface area (Å²) in [6.45, 7) is 0. The number of carbonyl (C=O) groups excluding carboxylic acids is 1. The summed E-state index contributed by atoms with van der Waals surface area (Å²) in [7, 11) is 1.27. The first kappa shape index (κ1) is 10.5. The van der Waals surface area contributed by atoms with Gasteiger partial charge in [-0.2, -0.15) is 0 Å². The van der Waals surface area contributed by atoms with Crippen LogP contribution in [0.3, 0.4) is 0 Å². The lowest BCUT2D eigenvalue weighted by Crippen LogP contribution is -2.44. The van der Waals surface area contributed by atoms with E-state index in [0.29, 0.717) is 24.7 Å². The second-order valence-corrected chi connectivity index (χ2v) is 4.83. The second kappa shape index (κ2) is 3.51. The largest absolute Gasteiger partial charge is 0.480 e. The molecule has 4 nitrogen and oxygen atoms in total. The van der Waals surface area contributed by atoms with Crippen LogP contribution in [0.15, 0.2) is 0 Å². The maximum atomic E-state index is 11.6. The predicted octanol–water partition coefficient (Wildman–Crippen LogP) is 1.44. The van der Waals surface area contributed by atoms with Crippen molar-refractivity contribution in [1.29, 1.82) is 0 Å². The van der Waals surface area contributed by atoms with Crippen LogP contribution in [0.25, 0.3) is 0 Å². The maximum Gasteiger partial charge on any atom is 0.323 e. The molecule has 2 rings (SSSR count). The fraction of sp³-hybridized carbons (Fsp3) is 0.818. The topological polar surface area (TPSA) is 63.6 Å². The first-order valence-electron chi connectivity index (χ1n) is 5.40. The summed E-state index contributed by atoms with van der Waals surface area (Å²) in [6, 6.07) is 0. The van der Waals surface area contributed by atoms with E-state index in [-0.39, 0.29) is 0 Å². The zero-order chi connectivity index (χ0) is 11.1. The van der Waals surface area contributed by atoms with Gasteiger partial charge in [-0.3, -0.25) is 9.59 Å². The van der Waals surface area contributed by atoms with Gasteiger partial charge in [-0.25, -0.2) is 0 Å². The lowest BCUT2D eigenvalue weighted by atomic mass is 9.69. The highest BCUT2D eigenvalue weighted by molar-refractivity contribution is 5.99. The average molecular weight is 212 g/mol. The monoisotopic (exact) mass is 212 g/mol. The molecule has 84 valence electrons. The summed E-state index contributed by atoms with van der Waals surface area (Å²) in [5.41, 5.74) is -1.25. The van der Waals surface area contributed by atoms with Gasteiger partial charge in [0, 0.05) is 0 Å². The molecule has 2 bridgehead atoms. The minimum Gasteiger partial charge on any atom is -0.480 e. The van der Waals surface area contributed by atoms with Crippen LogP contribution in [0.1, 0.15) is 32.1 Å². The molecular formula is C11H16O4. The molecule has 4 heteroatoms. The molecule has 0 aromatic carbocycles. The summed E-state index contributed by atoms with van der Waals surface area (Å²) in [5, 5.41) is 9.25. The molecule has 0 heterocycles. The minimum atomic E-state index is -1.25. The molecule has 0 radical (unpaired) electrons. The van der Waals surface area contributed by atoms with Crippen molar-refractivity contribution in [2.24, 2.45) is 17.3 Å². The standard InChI is InChI=1S/C11H16O4/c1-15-10(14)11(9(12)13)5-7-2-3-8(4-7)6-11/h7-8H,2-6H2,1H3,(H,12,13)/t7-,8+,11?. The Hall–Kier alpha value is -1.06. The fourth-order valence-corrected chi connectivity index (χ4v) is 3.24. The molecule has 15 heavy (non-hydrogen) atoms. The van der Waals surface area contributed by atoms with Gasteiger partial charge in [-0.05, 0) is 31.1 Å². The van der Waals surface area contributed by atoms with E-state index < -0.39 is 17.4 Å². The normalized spacial score (nSPS) is 38.7. The molecule has 2 fully saturated rings. The van der Waals surface area contributed by atoms with Crippen molar-refractivity contribution in [3.05, 3.63) is 0 Å². The maximum absolute atomic E-state index is 11.6. The van der Waals surface area contributed by atoms with E-state index in [1.807, 2.05) is 0 Å². The SMILES string of the molecule is COC(=O)C1(C(=O)O)C[C@@H]2CC[C@@H](C2)C1. The van der Waals surface area contributed by atoms with Gasteiger partial charge in [0.05, 0.1) is 7.11 Å². The van der Waals surface area contributed by atoms with Gasteiger partial charge >= 0.3 is 11.9 Å². The molecule has 1 N–H and O–H groups in total. The highest BCUT2D eigenvalue weighted by atomic mass is 16.5. The number of methoxy groups -OCH3 is 1. The Morgan fingerprint density at radius 1 is 1.27 bits per heavy atom. The van der Waals surface area contributed by atoms with Crippen LogP contribution < -0.4 is 0 Å². The lowest BCUT2D eigenvalue weighted by molar-refractivity contribution is -0.171. The molecule has 3 atom stereocenters. The van der Waals surface area contributed by atoms with Gasteiger partial charge < -0.3 is 9.84 Å². The van der Waals surface area contributed by atoms with Crippen molar-refractivity contribution in [2.75, 3.05) is 7.11 Å². The van der Waals surface area contributed by atoms with Crippen LogP contribution in [-0.4, -0.2) is 24.2 Å². The Balaban J connectivity index is 2.27. The number of aliphatic carboxylic acids is 1. The number of esters is 1. The summed E-state index contributed by atoms with van der Waals surface area (Å²) >= 11 is 0. The van der Waals surface area contributed by atoms with E-state index in [9.17, 15) is 14.7 Å². The summed E-state index contributed by atoms with van der Waals surface area (Å²) < 4.78 is 4.66. The van der Waals surface area contributed by atoms with Crippen LogP contribution in [0.2, 0.25) is 0 Å². The van der Waals surface area contributed by atoms with Crippen molar-refractivity contribution in [1.82, 2.24) is 0 Å². The Bertz CT molecular complexity index is 285. The van der Waals surface area contributed by atoms with Crippen molar-refractivity contribution in [3.8, 4) is 0 Å². The summed E-state index contributed by atoms with van der Waals surface area (Å²) in [6.07, 6.45) is 4.15. The number of carboxylic acids is 1. The quantitative estimate of drug-likeness (QED) is 0.555. The minimum absolute atomic E-state index is 0.402. The van der Waals surface area contributed by atoms with Crippen LogP contribution in [0.4, 0.5) is 0 Å². The number of hydrogen-bond donors (Lipinski definition) is 1. The molecule has 0 saturated heterocycles. The van der Waals surface area contributed by atoms with E-state index in [0.717, 1.165) is 19.3 Å². The van der Waals surface area contributed by atoms with Crippen LogP contribution in [0, 0.1) is 17.3 Å². The van der Waals surface area contributed by atoms with Gasteiger partial charge in [0.2, 0.25) is 0 Å². The number of carbonyl (C=O) groups is 2. The number of fused-ring (bicyclic) bond motifs is 2. The molecule has 0 aliphatic heterocycles. The predicted molar refractivity (Wildman–Crippen MR) is 52.1 cm³/mol. The summed E-state index contributed by atoms with van der Waals surface area (Å²) in [5.74, 6) is -0.768. The van der Waals surface area contributed by atoms with Crippen LogP contribution in [-0.2, 0) is 14.3 Å². The molecule has 2 aliphatic rings. The molecule has 0 spiro atoms. The van der Waals surface area contributed by atoms with Gasteiger partial charge in [0.25, 0.3) is 0 Å². The zero-order valence-electron chi connectivity index (χ0n) is 8.86. The Kier molecular flexibility index (Phi) is 2.44. The number of carboxylic acid groups (broad SMARTS) is 1. The first-order valence-corrected chi connectivity index (χ1v) is 5.40. The number of rotatable bonds is 2. The average Bonchev–Trinajstić information content (AvgIpc) is 2.56. The lowest BCUT2D eigenvalue weighted by Gasteiger charge is -2.34. The van der Waals surface area contributed by atoms with Gasteiger partial charge in [-0.15, -0.1) is 0 Å². The first-order chi connectivity index (χ1) is 7.08. The molecule has 0 aromatic rings. The fourth-order valence-electron chi connectivity index (χ4n) is 3.24. The van der Waals surface area contributed by atoms with E-state index in [2.05, 4.69) is 4.74 Å².